The molecule has 29 heavy (non-hydrogen) atoms. The van der Waals surface area contributed by atoms with Gasteiger partial charge in [-0.1, -0.05) is 19.9 Å². The van der Waals surface area contributed by atoms with Gasteiger partial charge < -0.3 is 21.5 Å². The van der Waals surface area contributed by atoms with E-state index >= 15 is 0 Å². The summed E-state index contributed by atoms with van der Waals surface area (Å²) < 4.78 is 0. The van der Waals surface area contributed by atoms with Crippen LogP contribution in [0.2, 0.25) is 0 Å². The lowest BCUT2D eigenvalue weighted by molar-refractivity contribution is 0.102. The second-order valence-corrected chi connectivity index (χ2v) is 6.93. The third-order valence-corrected chi connectivity index (χ3v) is 4.38. The zero-order chi connectivity index (χ0) is 20.8. The molecule has 0 radical (unpaired) electrons. The number of nitrogens with one attached hydrogen (secondary N) is 2. The number of anilines is 3. The van der Waals surface area contributed by atoms with E-state index in [0.29, 0.717) is 34.4 Å². The van der Waals surface area contributed by atoms with Gasteiger partial charge in [-0.25, -0.2) is 4.98 Å². The summed E-state index contributed by atoms with van der Waals surface area (Å²) in [6.45, 7) is 3.91. The highest BCUT2D eigenvalue weighted by atomic mass is 16.3. The molecular weight excluding hydrogens is 368 g/mol. The number of amides is 1. The van der Waals surface area contributed by atoms with Crippen molar-refractivity contribution >= 4 is 23.4 Å². The van der Waals surface area contributed by atoms with Gasteiger partial charge in [-0.3, -0.25) is 9.78 Å². The highest BCUT2D eigenvalue weighted by Crippen LogP contribution is 2.21. The van der Waals surface area contributed by atoms with Gasteiger partial charge in [0.05, 0.1) is 24.0 Å². The van der Waals surface area contributed by atoms with E-state index in [-0.39, 0.29) is 24.5 Å². The smallest absolute Gasteiger partial charge is 0.256 e. The van der Waals surface area contributed by atoms with Gasteiger partial charge in [0.25, 0.3) is 5.91 Å². The number of carbonyl (C=O) groups excluding carboxylic acids is 1. The molecule has 0 spiro atoms. The fourth-order valence-corrected chi connectivity index (χ4v) is 2.63. The summed E-state index contributed by atoms with van der Waals surface area (Å²) >= 11 is 0. The SMILES string of the molecule is CC(C)[C@@H](CO)Nc1nc(NC(=O)c2ccc(N)cc2)cc(-c2ccccn2)n1. The van der Waals surface area contributed by atoms with Gasteiger partial charge in [0.15, 0.2) is 0 Å². The van der Waals surface area contributed by atoms with E-state index in [4.69, 9.17) is 5.73 Å². The van der Waals surface area contributed by atoms with E-state index in [1.54, 1.807) is 36.5 Å². The normalized spacial score (nSPS) is 11.9. The van der Waals surface area contributed by atoms with Crippen molar-refractivity contribution in [3.05, 3.63) is 60.3 Å². The molecule has 150 valence electrons. The first-order valence-corrected chi connectivity index (χ1v) is 9.31. The van der Waals surface area contributed by atoms with Crippen molar-refractivity contribution in [2.24, 2.45) is 5.92 Å². The fourth-order valence-electron chi connectivity index (χ4n) is 2.63. The van der Waals surface area contributed by atoms with Crippen LogP contribution in [0.3, 0.4) is 0 Å². The summed E-state index contributed by atoms with van der Waals surface area (Å²) in [6, 6.07) is 13.5. The molecule has 2 heterocycles. The van der Waals surface area contributed by atoms with Crippen molar-refractivity contribution in [3.63, 3.8) is 0 Å². The minimum absolute atomic E-state index is 0.0675. The predicted molar refractivity (Wildman–Crippen MR) is 113 cm³/mol. The lowest BCUT2D eigenvalue weighted by atomic mass is 10.1. The van der Waals surface area contributed by atoms with Gasteiger partial charge in [-0.15, -0.1) is 0 Å². The van der Waals surface area contributed by atoms with E-state index in [1.165, 1.54) is 0 Å². The van der Waals surface area contributed by atoms with Gasteiger partial charge in [-0.05, 0) is 42.3 Å². The molecule has 2 aromatic heterocycles. The molecule has 0 aliphatic rings. The average Bonchev–Trinajstić information content (AvgIpc) is 2.72. The summed E-state index contributed by atoms with van der Waals surface area (Å²) in [6.07, 6.45) is 1.67. The van der Waals surface area contributed by atoms with E-state index < -0.39 is 0 Å². The van der Waals surface area contributed by atoms with Crippen molar-refractivity contribution in [2.75, 3.05) is 23.0 Å². The Morgan fingerprint density at radius 1 is 1.10 bits per heavy atom. The molecule has 8 heteroatoms. The Balaban J connectivity index is 1.93. The van der Waals surface area contributed by atoms with Crippen LogP contribution in [0.1, 0.15) is 24.2 Å². The molecule has 0 bridgehead atoms. The first kappa shape index (κ1) is 20.2. The number of hydrogen-bond donors (Lipinski definition) is 4. The lowest BCUT2D eigenvalue weighted by Crippen LogP contribution is -2.30. The van der Waals surface area contributed by atoms with Crippen molar-refractivity contribution in [3.8, 4) is 11.4 Å². The fraction of sp³-hybridized carbons (Fsp3) is 0.238. The number of benzene rings is 1. The van der Waals surface area contributed by atoms with Crippen LogP contribution in [0.25, 0.3) is 11.4 Å². The Hall–Kier alpha value is -3.52. The largest absolute Gasteiger partial charge is 0.399 e. The minimum Gasteiger partial charge on any atom is -0.399 e. The van der Waals surface area contributed by atoms with Crippen LogP contribution >= 0.6 is 0 Å². The third kappa shape index (κ3) is 5.26. The molecule has 0 aliphatic carbocycles. The standard InChI is InChI=1S/C21H24N6O2/c1-13(2)18(12-28)25-21-24-17(16-5-3-4-10-23-16)11-19(27-21)26-20(29)14-6-8-15(22)9-7-14/h3-11,13,18,28H,12,22H2,1-2H3,(H2,24,25,26,27,29)/t18-/m1/s1. The molecule has 1 aromatic carbocycles. The van der Waals surface area contributed by atoms with Crippen LogP contribution in [-0.4, -0.2) is 38.6 Å². The summed E-state index contributed by atoms with van der Waals surface area (Å²) in [5, 5.41) is 15.5. The number of rotatable bonds is 7. The van der Waals surface area contributed by atoms with Crippen molar-refractivity contribution < 1.29 is 9.90 Å². The number of carbonyl (C=O) groups is 1. The van der Waals surface area contributed by atoms with Crippen LogP contribution < -0.4 is 16.4 Å². The number of nitrogens with zero attached hydrogens (tertiary/aromatic N) is 3. The number of aromatic nitrogens is 3. The maximum absolute atomic E-state index is 12.6. The Kier molecular flexibility index (Phi) is 6.36. The Morgan fingerprint density at radius 3 is 2.48 bits per heavy atom. The van der Waals surface area contributed by atoms with E-state index in [2.05, 4.69) is 25.6 Å². The van der Waals surface area contributed by atoms with Crippen LogP contribution in [0.5, 0.6) is 0 Å². The number of nitrogens with two attached hydrogens (primary N) is 1. The summed E-state index contributed by atoms with van der Waals surface area (Å²) in [7, 11) is 0. The van der Waals surface area contributed by atoms with Crippen molar-refractivity contribution in [1.29, 1.82) is 0 Å². The first-order chi connectivity index (χ1) is 14.0. The Labute approximate surface area is 169 Å². The number of aliphatic hydroxyl groups excluding tert-OH is 1. The molecule has 3 rings (SSSR count). The van der Waals surface area contributed by atoms with Crippen molar-refractivity contribution in [2.45, 2.75) is 19.9 Å². The zero-order valence-electron chi connectivity index (χ0n) is 16.3. The van der Waals surface area contributed by atoms with Crippen LogP contribution in [0.4, 0.5) is 17.5 Å². The zero-order valence-corrected chi connectivity index (χ0v) is 16.3. The number of hydrogen-bond acceptors (Lipinski definition) is 7. The Morgan fingerprint density at radius 2 is 1.86 bits per heavy atom. The van der Waals surface area contributed by atoms with Crippen LogP contribution in [-0.2, 0) is 0 Å². The van der Waals surface area contributed by atoms with E-state index in [1.807, 2.05) is 32.0 Å². The monoisotopic (exact) mass is 392 g/mol. The molecule has 1 atom stereocenters. The number of nitrogen functional groups attached to an aromatic ring is 1. The molecule has 3 aromatic rings. The quantitative estimate of drug-likeness (QED) is 0.455. The molecule has 1 amide bonds. The summed E-state index contributed by atoms with van der Waals surface area (Å²) in [5.41, 5.74) is 7.92. The summed E-state index contributed by atoms with van der Waals surface area (Å²) in [4.78, 5) is 25.8. The molecule has 0 saturated heterocycles. The molecular formula is C21H24N6O2. The summed E-state index contributed by atoms with van der Waals surface area (Å²) in [5.74, 6) is 0.470. The van der Waals surface area contributed by atoms with Gasteiger partial charge in [0.1, 0.15) is 5.82 Å². The van der Waals surface area contributed by atoms with Crippen LogP contribution in [0, 0.1) is 5.92 Å². The molecule has 0 saturated carbocycles. The van der Waals surface area contributed by atoms with Crippen LogP contribution in [0.15, 0.2) is 54.7 Å². The molecule has 0 fully saturated rings. The second-order valence-electron chi connectivity index (χ2n) is 6.93. The predicted octanol–water partition coefficient (Wildman–Crippen LogP) is 2.80. The van der Waals surface area contributed by atoms with Gasteiger partial charge in [-0.2, -0.15) is 4.98 Å². The maximum atomic E-state index is 12.6. The minimum atomic E-state index is -0.316. The molecule has 0 aliphatic heterocycles. The van der Waals surface area contributed by atoms with Gasteiger partial charge in [0, 0.05) is 23.5 Å². The van der Waals surface area contributed by atoms with E-state index in [9.17, 15) is 9.90 Å². The number of pyridine rings is 1. The third-order valence-electron chi connectivity index (χ3n) is 4.38. The topological polar surface area (TPSA) is 126 Å². The average molecular weight is 392 g/mol. The molecule has 0 unspecified atom stereocenters. The lowest BCUT2D eigenvalue weighted by Gasteiger charge is -2.20. The highest BCUT2D eigenvalue weighted by molar-refractivity contribution is 6.04. The molecule has 5 N–H and O–H groups in total. The first-order valence-electron chi connectivity index (χ1n) is 9.31. The molecule has 8 nitrogen and oxygen atoms in total. The van der Waals surface area contributed by atoms with Gasteiger partial charge in [0.2, 0.25) is 5.95 Å². The second kappa shape index (κ2) is 9.11. The maximum Gasteiger partial charge on any atom is 0.256 e. The Bertz CT molecular complexity index is 961. The van der Waals surface area contributed by atoms with Gasteiger partial charge >= 0.3 is 0 Å². The number of aliphatic hydroxyl groups is 1. The van der Waals surface area contributed by atoms with E-state index in [0.717, 1.165) is 0 Å². The highest BCUT2D eigenvalue weighted by Gasteiger charge is 2.16. The van der Waals surface area contributed by atoms with Crippen molar-refractivity contribution in [1.82, 2.24) is 15.0 Å².